The second kappa shape index (κ2) is 6.76. The van der Waals surface area contributed by atoms with Crippen molar-refractivity contribution in [1.82, 2.24) is 19.9 Å². The van der Waals surface area contributed by atoms with Crippen LogP contribution in [-0.2, 0) is 0 Å². The van der Waals surface area contributed by atoms with E-state index >= 15 is 0 Å². The Hall–Kier alpha value is -3.54. The Morgan fingerprint density at radius 2 is 1.85 bits per heavy atom. The van der Waals surface area contributed by atoms with Gasteiger partial charge in [-0.05, 0) is 55.0 Å². The van der Waals surface area contributed by atoms with Crippen LogP contribution in [0.5, 0.6) is 0 Å². The van der Waals surface area contributed by atoms with Gasteiger partial charge in [-0.1, -0.05) is 12.1 Å². The highest BCUT2D eigenvalue weighted by Gasteiger charge is 2.13. The van der Waals surface area contributed by atoms with Gasteiger partial charge >= 0.3 is 0 Å². The van der Waals surface area contributed by atoms with Crippen LogP contribution >= 0.6 is 0 Å². The van der Waals surface area contributed by atoms with E-state index in [0.717, 1.165) is 22.5 Å². The summed E-state index contributed by atoms with van der Waals surface area (Å²) in [5, 5.41) is 3.21. The number of nitrogens with one attached hydrogen (secondary N) is 2. The van der Waals surface area contributed by atoms with Gasteiger partial charge in [-0.2, -0.15) is 0 Å². The van der Waals surface area contributed by atoms with E-state index in [2.05, 4.69) is 25.3 Å². The number of H-pyrrole nitrogens is 1. The van der Waals surface area contributed by atoms with Gasteiger partial charge in [0, 0.05) is 17.4 Å². The van der Waals surface area contributed by atoms with E-state index in [-0.39, 0.29) is 5.82 Å². The highest BCUT2D eigenvalue weighted by Crippen LogP contribution is 2.28. The van der Waals surface area contributed by atoms with Gasteiger partial charge < -0.3 is 10.3 Å². The summed E-state index contributed by atoms with van der Waals surface area (Å²) in [6.45, 7) is 2.03. The Morgan fingerprint density at radius 1 is 1.00 bits per heavy atom. The third kappa shape index (κ3) is 3.30. The molecule has 26 heavy (non-hydrogen) atoms. The number of hydrogen-bond donors (Lipinski definition) is 2. The van der Waals surface area contributed by atoms with Crippen molar-refractivity contribution in [2.75, 3.05) is 5.32 Å². The number of anilines is 2. The van der Waals surface area contributed by atoms with Gasteiger partial charge in [0.2, 0.25) is 5.95 Å². The molecule has 4 rings (SSSR count). The third-order valence-corrected chi connectivity index (χ3v) is 3.94. The Kier molecular flexibility index (Phi) is 4.15. The first-order valence-electron chi connectivity index (χ1n) is 8.15. The van der Waals surface area contributed by atoms with Gasteiger partial charge in [-0.15, -0.1) is 0 Å². The van der Waals surface area contributed by atoms with E-state index in [4.69, 9.17) is 0 Å². The molecule has 4 aromatic rings. The van der Waals surface area contributed by atoms with Gasteiger partial charge in [0.05, 0.1) is 23.4 Å². The van der Waals surface area contributed by atoms with E-state index in [9.17, 15) is 4.39 Å². The maximum absolute atomic E-state index is 13.2. The van der Waals surface area contributed by atoms with Crippen molar-refractivity contribution in [3.63, 3.8) is 0 Å². The van der Waals surface area contributed by atoms with Crippen LogP contribution in [0.4, 0.5) is 16.0 Å². The maximum atomic E-state index is 13.2. The predicted molar refractivity (Wildman–Crippen MR) is 99.5 cm³/mol. The number of rotatable bonds is 4. The van der Waals surface area contributed by atoms with Crippen molar-refractivity contribution in [2.45, 2.75) is 6.92 Å². The minimum atomic E-state index is -0.280. The largest absolute Gasteiger partial charge is 0.343 e. The zero-order valence-electron chi connectivity index (χ0n) is 14.1. The predicted octanol–water partition coefficient (Wildman–Crippen LogP) is 4.72. The summed E-state index contributed by atoms with van der Waals surface area (Å²) in [7, 11) is 0. The fraction of sp³-hybridized carbons (Fsp3) is 0.0500. The fourth-order valence-electron chi connectivity index (χ4n) is 2.73. The van der Waals surface area contributed by atoms with E-state index < -0.39 is 0 Å². The molecule has 0 radical (unpaired) electrons. The molecule has 6 heteroatoms. The number of halogens is 1. The number of aryl methyl sites for hydroxylation is 1. The molecule has 2 heterocycles. The second-order valence-corrected chi connectivity index (χ2v) is 5.89. The number of aromatic amines is 1. The molecule has 128 valence electrons. The van der Waals surface area contributed by atoms with Crippen LogP contribution in [0.3, 0.4) is 0 Å². The van der Waals surface area contributed by atoms with Gasteiger partial charge in [-0.3, -0.25) is 0 Å². The molecule has 0 saturated heterocycles. The van der Waals surface area contributed by atoms with Crippen molar-refractivity contribution >= 4 is 11.6 Å². The summed E-state index contributed by atoms with van der Waals surface area (Å²) in [5.74, 6) is 0.213. The van der Waals surface area contributed by atoms with Crippen LogP contribution in [0.1, 0.15) is 5.56 Å². The lowest BCUT2D eigenvalue weighted by molar-refractivity contribution is 0.628. The van der Waals surface area contributed by atoms with Gasteiger partial charge in [0.15, 0.2) is 0 Å². The monoisotopic (exact) mass is 345 g/mol. The first-order chi connectivity index (χ1) is 12.7. The summed E-state index contributed by atoms with van der Waals surface area (Å²) >= 11 is 0. The smallest absolute Gasteiger partial charge is 0.227 e. The summed E-state index contributed by atoms with van der Waals surface area (Å²) in [6, 6.07) is 16.0. The standard InChI is InChI=1S/C20H16FN5/c1-13-3-2-4-16(11-13)25-20-22-10-9-17(26-20)19-18(23-12-24-19)14-5-7-15(21)8-6-14/h2-12H,1H3,(H,23,24)(H,22,25,26). The van der Waals surface area contributed by atoms with Crippen LogP contribution < -0.4 is 5.32 Å². The van der Waals surface area contributed by atoms with Crippen LogP contribution in [0.2, 0.25) is 0 Å². The van der Waals surface area contributed by atoms with Crippen LogP contribution in [-0.4, -0.2) is 19.9 Å². The van der Waals surface area contributed by atoms with Gasteiger partial charge in [0.25, 0.3) is 0 Å². The molecule has 0 aliphatic rings. The summed E-state index contributed by atoms with van der Waals surface area (Å²) < 4.78 is 13.2. The first kappa shape index (κ1) is 16.0. The SMILES string of the molecule is Cc1cccc(Nc2nccc(-c3[nH]cnc3-c3ccc(F)cc3)n2)c1. The molecular weight excluding hydrogens is 329 g/mol. The van der Waals surface area contributed by atoms with E-state index in [1.807, 2.05) is 37.3 Å². The molecule has 0 atom stereocenters. The lowest BCUT2D eigenvalue weighted by Gasteiger charge is -2.07. The highest BCUT2D eigenvalue weighted by atomic mass is 19.1. The van der Waals surface area contributed by atoms with Crippen LogP contribution in [0.25, 0.3) is 22.6 Å². The minimum Gasteiger partial charge on any atom is -0.343 e. The van der Waals surface area contributed by atoms with Gasteiger partial charge in [0.1, 0.15) is 5.82 Å². The Bertz CT molecular complexity index is 1040. The summed E-state index contributed by atoms with van der Waals surface area (Å²) in [6.07, 6.45) is 3.29. The first-order valence-corrected chi connectivity index (χ1v) is 8.15. The normalized spacial score (nSPS) is 10.7. The van der Waals surface area contributed by atoms with Crippen LogP contribution in [0, 0.1) is 12.7 Å². The van der Waals surface area contributed by atoms with Crippen molar-refractivity contribution < 1.29 is 4.39 Å². The average molecular weight is 345 g/mol. The molecule has 0 aliphatic heterocycles. The minimum absolute atomic E-state index is 0.280. The molecule has 0 saturated carbocycles. The number of benzene rings is 2. The molecule has 0 spiro atoms. The molecule has 2 aromatic carbocycles. The number of nitrogens with zero attached hydrogens (tertiary/aromatic N) is 3. The van der Waals surface area contributed by atoms with Gasteiger partial charge in [-0.25, -0.2) is 19.3 Å². The van der Waals surface area contributed by atoms with E-state index in [1.165, 1.54) is 12.1 Å². The Morgan fingerprint density at radius 3 is 2.65 bits per heavy atom. The lowest BCUT2D eigenvalue weighted by atomic mass is 10.1. The Labute approximate surface area is 150 Å². The number of hydrogen-bond acceptors (Lipinski definition) is 4. The zero-order valence-corrected chi connectivity index (χ0v) is 14.1. The summed E-state index contributed by atoms with van der Waals surface area (Å²) in [5.41, 5.74) is 5.06. The van der Waals surface area contributed by atoms with Crippen molar-refractivity contribution in [2.24, 2.45) is 0 Å². The molecule has 2 N–H and O–H groups in total. The average Bonchev–Trinajstić information content (AvgIpc) is 3.12. The molecule has 0 fully saturated rings. The molecule has 0 aliphatic carbocycles. The highest BCUT2D eigenvalue weighted by molar-refractivity contribution is 5.76. The molecule has 0 amide bonds. The van der Waals surface area contributed by atoms with Crippen molar-refractivity contribution in [1.29, 1.82) is 0 Å². The fourth-order valence-corrected chi connectivity index (χ4v) is 2.73. The quantitative estimate of drug-likeness (QED) is 0.561. The Balaban J connectivity index is 1.67. The van der Waals surface area contributed by atoms with Crippen molar-refractivity contribution in [3.8, 4) is 22.6 Å². The maximum Gasteiger partial charge on any atom is 0.227 e. The topological polar surface area (TPSA) is 66.5 Å². The summed E-state index contributed by atoms with van der Waals surface area (Å²) in [4.78, 5) is 16.3. The zero-order chi connectivity index (χ0) is 17.9. The van der Waals surface area contributed by atoms with E-state index in [1.54, 1.807) is 24.7 Å². The molecule has 5 nitrogen and oxygen atoms in total. The molecule has 2 aromatic heterocycles. The lowest BCUT2D eigenvalue weighted by Crippen LogP contribution is -1.98. The number of aromatic nitrogens is 4. The molecular formula is C20H16FN5. The second-order valence-electron chi connectivity index (χ2n) is 5.89. The van der Waals surface area contributed by atoms with E-state index in [0.29, 0.717) is 17.3 Å². The molecule has 0 bridgehead atoms. The third-order valence-electron chi connectivity index (χ3n) is 3.94. The van der Waals surface area contributed by atoms with Crippen LogP contribution in [0.15, 0.2) is 67.1 Å². The van der Waals surface area contributed by atoms with Crippen molar-refractivity contribution in [3.05, 3.63) is 78.5 Å². The molecule has 0 unspecified atom stereocenters. The number of imidazole rings is 1.